The van der Waals surface area contributed by atoms with Crippen molar-refractivity contribution >= 4 is 17.9 Å². The molecule has 0 aromatic rings. The summed E-state index contributed by atoms with van der Waals surface area (Å²) in [6.07, 6.45) is 73.6. The molecule has 1 unspecified atom stereocenters. The number of allylic oxidation sites excluding steroid dienone is 18. The van der Waals surface area contributed by atoms with Gasteiger partial charge in [0.15, 0.2) is 6.10 Å². The highest BCUT2D eigenvalue weighted by Crippen LogP contribution is 2.14. The van der Waals surface area contributed by atoms with Gasteiger partial charge in [0.2, 0.25) is 0 Å². The smallest absolute Gasteiger partial charge is 0.306 e. The highest BCUT2D eigenvalue weighted by atomic mass is 16.6. The van der Waals surface area contributed by atoms with Crippen molar-refractivity contribution in [1.29, 1.82) is 0 Å². The topological polar surface area (TPSA) is 78.9 Å². The van der Waals surface area contributed by atoms with E-state index < -0.39 is 6.10 Å². The minimum Gasteiger partial charge on any atom is -0.462 e. The van der Waals surface area contributed by atoms with E-state index in [1.54, 1.807) is 0 Å². The van der Waals surface area contributed by atoms with Crippen molar-refractivity contribution in [2.24, 2.45) is 0 Å². The van der Waals surface area contributed by atoms with Crippen molar-refractivity contribution < 1.29 is 28.6 Å². The van der Waals surface area contributed by atoms with Gasteiger partial charge >= 0.3 is 17.9 Å². The Kier molecular flexibility index (Phi) is 51.5. The van der Waals surface area contributed by atoms with Crippen LogP contribution >= 0.6 is 0 Å². The van der Waals surface area contributed by atoms with Crippen LogP contribution in [0.25, 0.3) is 0 Å². The summed E-state index contributed by atoms with van der Waals surface area (Å²) in [4.78, 5) is 38.1. The molecule has 67 heavy (non-hydrogen) atoms. The number of carbonyl (C=O) groups is 3. The Bertz CT molecular complexity index is 1390. The third-order valence-corrected chi connectivity index (χ3v) is 11.3. The highest BCUT2D eigenvalue weighted by molar-refractivity contribution is 5.71. The summed E-state index contributed by atoms with van der Waals surface area (Å²) in [6, 6.07) is 0. The van der Waals surface area contributed by atoms with Crippen molar-refractivity contribution in [2.45, 2.75) is 245 Å². The van der Waals surface area contributed by atoms with E-state index in [0.717, 1.165) is 103 Å². The van der Waals surface area contributed by atoms with E-state index in [2.05, 4.69) is 106 Å². The lowest BCUT2D eigenvalue weighted by atomic mass is 10.1. The summed E-state index contributed by atoms with van der Waals surface area (Å²) in [5.41, 5.74) is 0. The molecule has 0 saturated heterocycles. The molecular weight excluding hydrogens is 829 g/mol. The Balaban J connectivity index is 4.46. The van der Waals surface area contributed by atoms with Gasteiger partial charge in [0.25, 0.3) is 0 Å². The van der Waals surface area contributed by atoms with Gasteiger partial charge in [-0.1, -0.05) is 233 Å². The fraction of sp³-hybridized carbons (Fsp3) is 0.656. The molecule has 0 saturated carbocycles. The van der Waals surface area contributed by atoms with Crippen LogP contribution in [0.5, 0.6) is 0 Å². The largest absolute Gasteiger partial charge is 0.462 e. The van der Waals surface area contributed by atoms with Crippen molar-refractivity contribution in [3.63, 3.8) is 0 Å². The molecule has 0 amide bonds. The quantitative estimate of drug-likeness (QED) is 0.0199. The molecule has 0 N–H and O–H groups in total. The second-order valence-electron chi connectivity index (χ2n) is 17.9. The summed E-state index contributed by atoms with van der Waals surface area (Å²) >= 11 is 0. The SMILES string of the molecule is CC/C=C\C/C=C\C/C=C\CCCCC(=O)OCC(COC(=O)CCCCCCCCC/C=C\CCCCCCCCCC)OC(=O)CCCCCCC\C=C/C=C\C=C/C=C\C=C/CCC. The summed E-state index contributed by atoms with van der Waals surface area (Å²) in [5.74, 6) is -0.978. The molecule has 0 radical (unpaired) electrons. The van der Waals surface area contributed by atoms with Crippen LogP contribution in [-0.4, -0.2) is 37.2 Å². The Labute approximate surface area is 412 Å². The first kappa shape index (κ1) is 63.1. The normalized spacial score (nSPS) is 12.9. The number of carbonyl (C=O) groups excluding carboxylic acids is 3. The van der Waals surface area contributed by atoms with Gasteiger partial charge in [0.05, 0.1) is 0 Å². The van der Waals surface area contributed by atoms with Crippen molar-refractivity contribution in [3.8, 4) is 0 Å². The Morgan fingerprint density at radius 2 is 0.672 bits per heavy atom. The minimum atomic E-state index is -0.811. The Hall–Kier alpha value is -3.93. The zero-order valence-corrected chi connectivity index (χ0v) is 43.4. The van der Waals surface area contributed by atoms with Crippen LogP contribution in [0.15, 0.2) is 109 Å². The average molecular weight is 929 g/mol. The first-order valence-corrected chi connectivity index (χ1v) is 27.5. The molecule has 0 aliphatic heterocycles. The van der Waals surface area contributed by atoms with Gasteiger partial charge in [0.1, 0.15) is 13.2 Å². The van der Waals surface area contributed by atoms with Crippen LogP contribution in [0.4, 0.5) is 0 Å². The molecule has 0 spiro atoms. The number of esters is 3. The summed E-state index contributed by atoms with van der Waals surface area (Å²) in [6.45, 7) is 6.37. The van der Waals surface area contributed by atoms with Crippen molar-refractivity contribution in [1.82, 2.24) is 0 Å². The first-order chi connectivity index (χ1) is 33.0. The van der Waals surface area contributed by atoms with E-state index in [-0.39, 0.29) is 37.5 Å². The predicted octanol–water partition coefficient (Wildman–Crippen LogP) is 18.3. The third kappa shape index (κ3) is 52.9. The van der Waals surface area contributed by atoms with Gasteiger partial charge in [-0.15, -0.1) is 0 Å². The predicted molar refractivity (Wildman–Crippen MR) is 288 cm³/mol. The van der Waals surface area contributed by atoms with E-state index in [9.17, 15) is 14.4 Å². The average Bonchev–Trinajstić information content (AvgIpc) is 3.33. The maximum atomic E-state index is 12.8. The lowest BCUT2D eigenvalue weighted by molar-refractivity contribution is -0.167. The molecule has 0 fully saturated rings. The lowest BCUT2D eigenvalue weighted by Gasteiger charge is -2.18. The van der Waals surface area contributed by atoms with Crippen LogP contribution in [0, 0.1) is 0 Å². The molecule has 1 atom stereocenters. The molecule has 0 aromatic heterocycles. The van der Waals surface area contributed by atoms with E-state index in [1.165, 1.54) is 96.3 Å². The molecule has 0 heterocycles. The van der Waals surface area contributed by atoms with Crippen LogP contribution in [0.2, 0.25) is 0 Å². The number of hydrogen-bond acceptors (Lipinski definition) is 6. The molecule has 0 aliphatic carbocycles. The van der Waals surface area contributed by atoms with Gasteiger partial charge < -0.3 is 14.2 Å². The third-order valence-electron chi connectivity index (χ3n) is 11.3. The molecule has 0 aliphatic rings. The molecular formula is C61H100O6. The van der Waals surface area contributed by atoms with Gasteiger partial charge in [-0.3, -0.25) is 14.4 Å². The van der Waals surface area contributed by atoms with Gasteiger partial charge in [-0.25, -0.2) is 0 Å². The number of ether oxygens (including phenoxy) is 3. The fourth-order valence-corrected chi connectivity index (χ4v) is 7.25. The Morgan fingerprint density at radius 3 is 1.15 bits per heavy atom. The molecule has 380 valence electrons. The molecule has 6 nitrogen and oxygen atoms in total. The number of unbranched alkanes of at least 4 members (excludes halogenated alkanes) is 23. The number of hydrogen-bond donors (Lipinski definition) is 0. The van der Waals surface area contributed by atoms with Crippen molar-refractivity contribution in [3.05, 3.63) is 109 Å². The van der Waals surface area contributed by atoms with E-state index in [1.807, 2.05) is 24.3 Å². The highest BCUT2D eigenvalue weighted by Gasteiger charge is 2.19. The first-order valence-electron chi connectivity index (χ1n) is 27.5. The molecule has 0 bridgehead atoms. The summed E-state index contributed by atoms with van der Waals surface area (Å²) < 4.78 is 16.8. The second-order valence-corrected chi connectivity index (χ2v) is 17.9. The maximum Gasteiger partial charge on any atom is 0.306 e. The molecule has 6 heteroatoms. The zero-order chi connectivity index (χ0) is 48.6. The molecule has 0 rings (SSSR count). The summed E-state index contributed by atoms with van der Waals surface area (Å²) in [7, 11) is 0. The number of rotatable bonds is 48. The van der Waals surface area contributed by atoms with Gasteiger partial charge in [-0.05, 0) is 96.3 Å². The Morgan fingerprint density at radius 1 is 0.328 bits per heavy atom. The standard InChI is InChI=1S/C61H100O6/c1-4-7-10-13-16-19-22-25-27-29-31-33-34-36-39-42-45-48-51-54-60(63)66-57-58(56-65-59(62)53-50-47-44-41-38-24-21-18-15-12-9-6-3)67-61(64)55-52-49-46-43-40-37-35-32-30-28-26-23-20-17-14-11-8-5-2/h9,11-12,14,17-18,20-21,23,26,28-32,35,38,41,58H,4-8,10,13,15-16,19,22,24-25,27,33-34,36-37,39-40,42-57H2,1-3H3/b12-9-,14-11-,20-17-,21-18-,26-23-,30-28-,31-29-,35-32-,41-38-. The molecule has 0 aromatic carbocycles. The summed E-state index contributed by atoms with van der Waals surface area (Å²) in [5, 5.41) is 0. The van der Waals surface area contributed by atoms with E-state index >= 15 is 0 Å². The van der Waals surface area contributed by atoms with Crippen LogP contribution in [-0.2, 0) is 28.6 Å². The van der Waals surface area contributed by atoms with Gasteiger partial charge in [0, 0.05) is 19.3 Å². The van der Waals surface area contributed by atoms with Crippen LogP contribution in [0.1, 0.15) is 239 Å². The lowest BCUT2D eigenvalue weighted by Crippen LogP contribution is -2.30. The maximum absolute atomic E-state index is 12.8. The second kappa shape index (κ2) is 54.7. The van der Waals surface area contributed by atoms with Gasteiger partial charge in [-0.2, -0.15) is 0 Å². The zero-order valence-electron chi connectivity index (χ0n) is 43.4. The monoisotopic (exact) mass is 929 g/mol. The van der Waals surface area contributed by atoms with E-state index in [0.29, 0.717) is 12.8 Å². The van der Waals surface area contributed by atoms with Crippen LogP contribution in [0.3, 0.4) is 0 Å². The van der Waals surface area contributed by atoms with Crippen molar-refractivity contribution in [2.75, 3.05) is 13.2 Å². The minimum absolute atomic E-state index is 0.105. The fourth-order valence-electron chi connectivity index (χ4n) is 7.25. The van der Waals surface area contributed by atoms with Crippen LogP contribution < -0.4 is 0 Å². The van der Waals surface area contributed by atoms with E-state index in [4.69, 9.17) is 14.2 Å².